The number of rotatable bonds is 5. The van der Waals surface area contributed by atoms with Crippen LogP contribution in [-0.4, -0.2) is 19.3 Å². The number of carbonyl (C=O) groups excluding carboxylic acids is 1. The van der Waals surface area contributed by atoms with Gasteiger partial charge in [0, 0.05) is 12.3 Å². The van der Waals surface area contributed by atoms with Gasteiger partial charge in [-0.15, -0.1) is 0 Å². The van der Waals surface area contributed by atoms with Crippen LogP contribution in [0.1, 0.15) is 10.5 Å². The average molecular weight is 424 g/mol. The number of sulfonamides is 1. The molecule has 0 saturated carbocycles. The van der Waals surface area contributed by atoms with Gasteiger partial charge in [-0.1, -0.05) is 17.7 Å². The number of hydrogen-bond donors (Lipinski definition) is 2. The van der Waals surface area contributed by atoms with E-state index in [4.69, 9.17) is 11.6 Å². The van der Waals surface area contributed by atoms with Gasteiger partial charge >= 0.3 is 0 Å². The van der Waals surface area contributed by atoms with Crippen molar-refractivity contribution < 1.29 is 22.0 Å². The highest BCUT2D eigenvalue weighted by Crippen LogP contribution is 2.29. The van der Waals surface area contributed by atoms with E-state index in [1.807, 2.05) is 0 Å². The van der Waals surface area contributed by atoms with E-state index in [1.54, 1.807) is 12.1 Å². The van der Waals surface area contributed by atoms with Crippen molar-refractivity contribution in [3.8, 4) is 0 Å². The predicted molar refractivity (Wildman–Crippen MR) is 101 cm³/mol. The van der Waals surface area contributed by atoms with Crippen molar-refractivity contribution in [2.45, 2.75) is 4.90 Å². The normalized spacial score (nSPS) is 11.1. The second-order valence-corrected chi connectivity index (χ2v) is 7.60. The third kappa shape index (κ3) is 4.44. The number of amides is 1. The third-order valence-electron chi connectivity index (χ3n) is 3.56. The Hall–Kier alpha value is -3.04. The summed E-state index contributed by atoms with van der Waals surface area (Å²) < 4.78 is 54.2. The lowest BCUT2D eigenvalue weighted by atomic mass is 10.2. The highest BCUT2D eigenvalue weighted by Gasteiger charge is 2.21. The van der Waals surface area contributed by atoms with Crippen molar-refractivity contribution in [1.29, 1.82) is 0 Å². The summed E-state index contributed by atoms with van der Waals surface area (Å²) in [5.41, 5.74) is -0.147. The molecule has 10 heteroatoms. The fourth-order valence-corrected chi connectivity index (χ4v) is 3.89. The van der Waals surface area contributed by atoms with Crippen molar-refractivity contribution >= 4 is 38.9 Å². The maximum Gasteiger partial charge on any atom is 0.274 e. The fraction of sp³-hybridized carbons (Fsp3) is 0. The van der Waals surface area contributed by atoms with E-state index in [-0.39, 0.29) is 22.1 Å². The van der Waals surface area contributed by atoms with Crippen LogP contribution in [0, 0.1) is 11.6 Å². The summed E-state index contributed by atoms with van der Waals surface area (Å²) in [7, 11) is -4.28. The van der Waals surface area contributed by atoms with Crippen molar-refractivity contribution in [2.75, 3.05) is 10.0 Å². The summed E-state index contributed by atoms with van der Waals surface area (Å²) in [4.78, 5) is 15.8. The summed E-state index contributed by atoms with van der Waals surface area (Å²) in [6.45, 7) is 0. The molecule has 3 rings (SSSR count). The Labute approximate surface area is 164 Å². The lowest BCUT2D eigenvalue weighted by Gasteiger charge is -2.14. The summed E-state index contributed by atoms with van der Waals surface area (Å²) in [5, 5.41) is 2.12. The minimum Gasteiger partial charge on any atom is -0.319 e. The molecule has 0 atom stereocenters. The molecule has 0 saturated heterocycles. The van der Waals surface area contributed by atoms with Crippen LogP contribution in [0.2, 0.25) is 5.02 Å². The van der Waals surface area contributed by atoms with E-state index in [1.165, 1.54) is 18.3 Å². The lowest BCUT2D eigenvalue weighted by Crippen LogP contribution is -2.18. The molecule has 6 nitrogen and oxygen atoms in total. The van der Waals surface area contributed by atoms with Crippen LogP contribution >= 0.6 is 11.6 Å². The monoisotopic (exact) mass is 423 g/mol. The summed E-state index contributed by atoms with van der Waals surface area (Å²) in [6, 6.07) is 10.6. The first kappa shape index (κ1) is 19.7. The highest BCUT2D eigenvalue weighted by atomic mass is 35.5. The van der Waals surface area contributed by atoms with Gasteiger partial charge in [-0.2, -0.15) is 0 Å². The van der Waals surface area contributed by atoms with Gasteiger partial charge in [0.1, 0.15) is 22.2 Å². The zero-order chi connectivity index (χ0) is 20.3. The van der Waals surface area contributed by atoms with E-state index < -0.39 is 32.5 Å². The zero-order valence-electron chi connectivity index (χ0n) is 14.0. The molecular formula is C18H12ClF2N3O3S. The van der Waals surface area contributed by atoms with Gasteiger partial charge in [-0.25, -0.2) is 17.2 Å². The van der Waals surface area contributed by atoms with Gasteiger partial charge in [-0.05, 0) is 42.5 Å². The molecule has 0 unspecified atom stereocenters. The van der Waals surface area contributed by atoms with Crippen LogP contribution in [0.4, 0.5) is 20.2 Å². The van der Waals surface area contributed by atoms with Gasteiger partial charge in [0.2, 0.25) is 0 Å². The molecule has 3 aromatic rings. The second-order valence-electron chi connectivity index (χ2n) is 5.54. The summed E-state index contributed by atoms with van der Waals surface area (Å²) in [5.74, 6) is -2.07. The number of halogens is 3. The maximum absolute atomic E-state index is 13.7. The fourth-order valence-electron chi connectivity index (χ4n) is 2.29. The molecule has 144 valence electrons. The van der Waals surface area contributed by atoms with Gasteiger partial charge in [0.05, 0.1) is 16.4 Å². The van der Waals surface area contributed by atoms with Crippen molar-refractivity contribution in [2.24, 2.45) is 0 Å². The molecule has 0 bridgehead atoms. The highest BCUT2D eigenvalue weighted by molar-refractivity contribution is 7.92. The average Bonchev–Trinajstić information content (AvgIpc) is 2.64. The smallest absolute Gasteiger partial charge is 0.274 e. The third-order valence-corrected chi connectivity index (χ3v) is 5.40. The van der Waals surface area contributed by atoms with Gasteiger partial charge in [0.15, 0.2) is 0 Å². The number of nitrogens with zero attached hydrogens (tertiary/aromatic N) is 1. The lowest BCUT2D eigenvalue weighted by molar-refractivity contribution is 0.102. The van der Waals surface area contributed by atoms with Gasteiger partial charge in [0.25, 0.3) is 15.9 Å². The van der Waals surface area contributed by atoms with Crippen LogP contribution in [0.15, 0.2) is 65.7 Å². The molecule has 0 radical (unpaired) electrons. The van der Waals surface area contributed by atoms with Crippen LogP contribution in [-0.2, 0) is 10.0 Å². The van der Waals surface area contributed by atoms with E-state index in [9.17, 15) is 22.0 Å². The molecule has 2 aromatic carbocycles. The Morgan fingerprint density at radius 3 is 2.36 bits per heavy atom. The number of benzene rings is 2. The number of hydrogen-bond acceptors (Lipinski definition) is 4. The Kier molecular flexibility index (Phi) is 5.57. The molecule has 28 heavy (non-hydrogen) atoms. The molecule has 0 aliphatic rings. The largest absolute Gasteiger partial charge is 0.319 e. The molecule has 2 N–H and O–H groups in total. The van der Waals surface area contributed by atoms with Crippen LogP contribution in [0.5, 0.6) is 0 Å². The molecule has 0 spiro atoms. The van der Waals surface area contributed by atoms with Crippen molar-refractivity contribution in [3.05, 3.63) is 83.1 Å². The summed E-state index contributed by atoms with van der Waals surface area (Å²) >= 11 is 5.80. The first-order valence-electron chi connectivity index (χ1n) is 7.76. The first-order chi connectivity index (χ1) is 13.3. The standard InChI is InChI=1S/C18H12ClF2N3O3S/c19-13-9-11(20)5-7-17(13)28(26,27)24-16-10-12(21)4-6-14(16)23-18(25)15-3-1-2-8-22-15/h1-10,24H,(H,23,25). The molecule has 0 aliphatic heterocycles. The Morgan fingerprint density at radius 1 is 0.964 bits per heavy atom. The van der Waals surface area contributed by atoms with Crippen LogP contribution in [0.3, 0.4) is 0 Å². The number of pyridine rings is 1. The van der Waals surface area contributed by atoms with Crippen LogP contribution < -0.4 is 10.0 Å². The topological polar surface area (TPSA) is 88.2 Å². The molecule has 1 amide bonds. The minimum absolute atomic E-state index is 0.00105. The molecular weight excluding hydrogens is 412 g/mol. The van der Waals surface area contributed by atoms with Crippen molar-refractivity contribution in [3.63, 3.8) is 0 Å². The molecule has 0 fully saturated rings. The first-order valence-corrected chi connectivity index (χ1v) is 9.62. The number of carbonyl (C=O) groups is 1. The van der Waals surface area contributed by atoms with Crippen molar-refractivity contribution in [1.82, 2.24) is 4.98 Å². The summed E-state index contributed by atoms with van der Waals surface area (Å²) in [6.07, 6.45) is 1.42. The number of aromatic nitrogens is 1. The quantitative estimate of drug-likeness (QED) is 0.647. The Morgan fingerprint density at radius 2 is 1.68 bits per heavy atom. The van der Waals surface area contributed by atoms with E-state index in [0.29, 0.717) is 0 Å². The predicted octanol–water partition coefficient (Wildman–Crippen LogP) is 4.07. The van der Waals surface area contributed by atoms with E-state index >= 15 is 0 Å². The van der Waals surface area contributed by atoms with Crippen LogP contribution in [0.25, 0.3) is 0 Å². The number of anilines is 2. The molecule has 1 aromatic heterocycles. The van der Waals surface area contributed by atoms with Gasteiger partial charge in [-0.3, -0.25) is 14.5 Å². The number of nitrogens with one attached hydrogen (secondary N) is 2. The second kappa shape index (κ2) is 7.91. The Balaban J connectivity index is 1.93. The van der Waals surface area contributed by atoms with E-state index in [0.717, 1.165) is 30.3 Å². The minimum atomic E-state index is -4.28. The maximum atomic E-state index is 13.7. The van der Waals surface area contributed by atoms with Gasteiger partial charge < -0.3 is 5.32 Å². The Bertz CT molecular complexity index is 1140. The SMILES string of the molecule is O=C(Nc1ccc(F)cc1NS(=O)(=O)c1ccc(F)cc1Cl)c1ccccn1. The zero-order valence-corrected chi connectivity index (χ0v) is 15.6. The van der Waals surface area contributed by atoms with E-state index in [2.05, 4.69) is 15.0 Å². The molecule has 0 aliphatic carbocycles. The molecule has 1 heterocycles.